The van der Waals surface area contributed by atoms with Gasteiger partial charge < -0.3 is 18.9 Å². The number of halogens is 3. The van der Waals surface area contributed by atoms with Crippen LogP contribution in [0.5, 0.6) is 0 Å². The molecule has 140 valence electrons. The van der Waals surface area contributed by atoms with Gasteiger partial charge >= 0.3 is 11.9 Å². The summed E-state index contributed by atoms with van der Waals surface area (Å²) in [4.78, 5) is 25.5. The van der Waals surface area contributed by atoms with Gasteiger partial charge in [-0.2, -0.15) is 0 Å². The van der Waals surface area contributed by atoms with Crippen LogP contribution in [-0.2, 0) is 28.5 Å². The molecule has 0 aromatic rings. The van der Waals surface area contributed by atoms with Gasteiger partial charge in [-0.05, 0) is 12.5 Å². The molecule has 0 aromatic heterocycles. The first-order valence-electron chi connectivity index (χ1n) is 6.83. The van der Waals surface area contributed by atoms with Gasteiger partial charge in [-0.1, -0.05) is 39.9 Å². The highest BCUT2D eigenvalue weighted by molar-refractivity contribution is 6.76. The average molecular weight is 418 g/mol. The molecule has 0 saturated carbocycles. The van der Waals surface area contributed by atoms with E-state index >= 15 is 0 Å². The lowest BCUT2D eigenvalue weighted by Crippen LogP contribution is -2.60. The summed E-state index contributed by atoms with van der Waals surface area (Å²) in [7, 11) is 0. The van der Waals surface area contributed by atoms with E-state index in [2.05, 4.69) is 10.0 Å². The van der Waals surface area contributed by atoms with Crippen molar-refractivity contribution in [3.63, 3.8) is 0 Å². The van der Waals surface area contributed by atoms with Crippen LogP contribution in [0.4, 0.5) is 0 Å². The van der Waals surface area contributed by atoms with Crippen LogP contribution in [-0.4, -0.2) is 52.3 Å². The molecule has 0 spiro atoms. The van der Waals surface area contributed by atoms with Crippen molar-refractivity contribution in [3.8, 4) is 0 Å². The summed E-state index contributed by atoms with van der Waals surface area (Å²) in [5.74, 6) is -2.27. The van der Waals surface area contributed by atoms with Gasteiger partial charge in [-0.15, -0.1) is 0 Å². The van der Waals surface area contributed by atoms with Crippen molar-refractivity contribution < 1.29 is 28.5 Å². The van der Waals surface area contributed by atoms with E-state index in [9.17, 15) is 9.59 Å². The monoisotopic (exact) mass is 416 g/mol. The van der Waals surface area contributed by atoms with Crippen molar-refractivity contribution >= 4 is 52.6 Å². The highest BCUT2D eigenvalue weighted by Gasteiger charge is 2.50. The number of azide groups is 1. The Bertz CT molecular complexity index is 592. The molecule has 1 heterocycles. The molecule has 1 fully saturated rings. The number of hydrogen-bond acceptors (Lipinski definition) is 8. The molecule has 1 aliphatic rings. The van der Waals surface area contributed by atoms with Crippen LogP contribution in [0.1, 0.15) is 20.8 Å². The fourth-order valence-corrected chi connectivity index (χ4v) is 2.26. The van der Waals surface area contributed by atoms with Gasteiger partial charge in [0.15, 0.2) is 6.10 Å². The van der Waals surface area contributed by atoms with Crippen LogP contribution in [0.2, 0.25) is 0 Å². The molecule has 1 rings (SSSR count). The Morgan fingerprint density at radius 2 is 1.68 bits per heavy atom. The van der Waals surface area contributed by atoms with Crippen LogP contribution in [0.25, 0.3) is 10.4 Å². The molecule has 5 atom stereocenters. The number of esters is 2. The Hall–Kier alpha value is -1.45. The fourth-order valence-electron chi connectivity index (χ4n) is 2.13. The smallest absolute Gasteiger partial charge is 0.303 e. The summed E-state index contributed by atoms with van der Waals surface area (Å²) < 4.78 is 18.6. The van der Waals surface area contributed by atoms with Crippen LogP contribution < -0.4 is 0 Å². The maximum absolute atomic E-state index is 11.4. The topological polar surface area (TPSA) is 144 Å². The van der Waals surface area contributed by atoms with E-state index in [0.717, 1.165) is 13.8 Å². The molecule has 2 unspecified atom stereocenters. The minimum Gasteiger partial charge on any atom is -0.458 e. The Labute approximate surface area is 157 Å². The van der Waals surface area contributed by atoms with Crippen LogP contribution in [0, 0.1) is 5.41 Å². The number of carbonyl (C=O) groups excluding carboxylic acids is 2. The number of hydrogen-bond donors (Lipinski definition) is 1. The second-order valence-electron chi connectivity index (χ2n) is 5.00. The molecule has 0 aliphatic carbocycles. The zero-order valence-electron chi connectivity index (χ0n) is 13.3. The Balaban J connectivity index is 3.22. The lowest BCUT2D eigenvalue weighted by Gasteiger charge is -2.42. The Morgan fingerprint density at radius 3 is 2.12 bits per heavy atom. The summed E-state index contributed by atoms with van der Waals surface area (Å²) in [6.45, 7) is 3.73. The fraction of sp³-hybridized carbons (Fsp3) is 0.750. The van der Waals surface area contributed by atoms with Crippen LogP contribution >= 0.6 is 34.8 Å². The van der Waals surface area contributed by atoms with E-state index in [0.29, 0.717) is 0 Å². The minimum absolute atomic E-state index is 0.718. The van der Waals surface area contributed by atoms with Gasteiger partial charge in [-0.3, -0.25) is 15.0 Å². The molecule has 25 heavy (non-hydrogen) atoms. The van der Waals surface area contributed by atoms with E-state index in [4.69, 9.17) is 64.7 Å². The largest absolute Gasteiger partial charge is 0.458 e. The maximum Gasteiger partial charge on any atom is 0.303 e. The highest BCUT2D eigenvalue weighted by Crippen LogP contribution is 2.33. The van der Waals surface area contributed by atoms with E-state index < -0.39 is 52.3 Å². The van der Waals surface area contributed by atoms with Crippen molar-refractivity contribution in [1.29, 1.82) is 5.41 Å². The molecule has 1 saturated heterocycles. The zero-order chi connectivity index (χ0) is 19.4. The van der Waals surface area contributed by atoms with Crippen molar-refractivity contribution in [2.45, 2.75) is 55.2 Å². The van der Waals surface area contributed by atoms with E-state index in [-0.39, 0.29) is 0 Å². The average Bonchev–Trinajstić information content (AvgIpc) is 2.44. The summed E-state index contributed by atoms with van der Waals surface area (Å²) in [5, 5.41) is 11.1. The van der Waals surface area contributed by atoms with Crippen molar-refractivity contribution in [2.24, 2.45) is 5.11 Å². The summed E-state index contributed by atoms with van der Waals surface area (Å²) >= 11 is 16.7. The standard InChI is InChI=1S/C12H15Cl3N4O6/c1-4-7(18-19-17)8(23-5(2)20)9(24-6(3)21)10(22-4)25-11(16)12(13,14)15/h4,7-10,16H,1-3H3/t4?,7-,8+,9?,10-/m1/s1. The first kappa shape index (κ1) is 21.6. The lowest BCUT2D eigenvalue weighted by atomic mass is 9.97. The number of alkyl halides is 3. The van der Waals surface area contributed by atoms with Crippen molar-refractivity contribution in [2.75, 3.05) is 0 Å². The number of nitrogens with one attached hydrogen (secondary N) is 1. The van der Waals surface area contributed by atoms with Crippen LogP contribution in [0.15, 0.2) is 5.11 Å². The first-order chi connectivity index (χ1) is 11.5. The van der Waals surface area contributed by atoms with Gasteiger partial charge in [-0.25, -0.2) is 0 Å². The van der Waals surface area contributed by atoms with Crippen molar-refractivity contribution in [3.05, 3.63) is 10.4 Å². The van der Waals surface area contributed by atoms with Gasteiger partial charge in [0.05, 0.1) is 6.10 Å². The minimum atomic E-state index is -2.19. The third-order valence-electron chi connectivity index (χ3n) is 3.04. The third-order valence-corrected chi connectivity index (χ3v) is 3.55. The number of nitrogens with zero attached hydrogens (tertiary/aromatic N) is 3. The number of carbonyl (C=O) groups is 2. The summed E-state index contributed by atoms with van der Waals surface area (Å²) in [6.07, 6.45) is -4.84. The quantitative estimate of drug-likeness (QED) is 0.142. The van der Waals surface area contributed by atoms with Gasteiger partial charge in [0.1, 0.15) is 6.04 Å². The van der Waals surface area contributed by atoms with Crippen LogP contribution in [0.3, 0.4) is 0 Å². The van der Waals surface area contributed by atoms with Gasteiger partial charge in [0, 0.05) is 18.8 Å². The third kappa shape index (κ3) is 6.09. The predicted molar refractivity (Wildman–Crippen MR) is 87.5 cm³/mol. The van der Waals surface area contributed by atoms with E-state index in [1.54, 1.807) is 0 Å². The molecule has 0 bridgehead atoms. The predicted octanol–water partition coefficient (Wildman–Crippen LogP) is 2.64. The summed E-state index contributed by atoms with van der Waals surface area (Å²) in [6, 6.07) is -1.01. The van der Waals surface area contributed by atoms with Gasteiger partial charge in [0.2, 0.25) is 18.3 Å². The number of rotatable bonds is 4. The SMILES string of the molecule is CC(=O)OC1[C@@H](OC(=N)C(Cl)(Cl)Cl)OC(C)[C@@H](N=[N+]=[N-])[C@@H]1OC(C)=O. The second-order valence-corrected chi connectivity index (χ2v) is 7.28. The second kappa shape index (κ2) is 8.77. The van der Waals surface area contributed by atoms with E-state index in [1.165, 1.54) is 6.92 Å². The highest BCUT2D eigenvalue weighted by atomic mass is 35.6. The molecular formula is C12H15Cl3N4O6. The zero-order valence-corrected chi connectivity index (χ0v) is 15.6. The molecule has 13 heteroatoms. The number of ether oxygens (including phenoxy) is 4. The van der Waals surface area contributed by atoms with E-state index in [1.807, 2.05) is 0 Å². The molecule has 1 N–H and O–H groups in total. The van der Waals surface area contributed by atoms with Crippen molar-refractivity contribution in [1.82, 2.24) is 0 Å². The maximum atomic E-state index is 11.4. The molecule has 1 aliphatic heterocycles. The molecule has 10 nitrogen and oxygen atoms in total. The Kier molecular flexibility index (Phi) is 7.58. The molecule has 0 radical (unpaired) electrons. The lowest BCUT2D eigenvalue weighted by molar-refractivity contribution is -0.256. The first-order valence-corrected chi connectivity index (χ1v) is 7.97. The normalized spacial score (nSPS) is 29.1. The Morgan fingerprint density at radius 1 is 1.16 bits per heavy atom. The molecular weight excluding hydrogens is 403 g/mol. The summed E-state index contributed by atoms with van der Waals surface area (Å²) in [5.41, 5.74) is 8.71. The molecule has 0 aromatic carbocycles. The van der Waals surface area contributed by atoms with Gasteiger partial charge in [0.25, 0.3) is 3.79 Å². The molecule has 0 amide bonds.